The molecule has 0 saturated carbocycles. The topological polar surface area (TPSA) is 24.5 Å². The summed E-state index contributed by atoms with van der Waals surface area (Å²) in [5.41, 5.74) is 1.36. The van der Waals surface area contributed by atoms with E-state index < -0.39 is 0 Å². The number of nitrogens with zero attached hydrogens (tertiary/aromatic N) is 1. The molecule has 0 aliphatic carbocycles. The van der Waals surface area contributed by atoms with Crippen molar-refractivity contribution in [2.45, 2.75) is 32.7 Å². The Morgan fingerprint density at radius 2 is 1.84 bits per heavy atom. The second kappa shape index (κ2) is 7.51. The molecule has 0 aromatic heterocycles. The molecule has 3 nitrogen and oxygen atoms in total. The van der Waals surface area contributed by atoms with Crippen molar-refractivity contribution in [1.82, 2.24) is 10.2 Å². The van der Waals surface area contributed by atoms with E-state index in [0.29, 0.717) is 6.04 Å². The van der Waals surface area contributed by atoms with Crippen molar-refractivity contribution in [3.05, 3.63) is 29.8 Å². The molecule has 1 saturated heterocycles. The highest BCUT2D eigenvalue weighted by molar-refractivity contribution is 5.29. The molecule has 106 valence electrons. The van der Waals surface area contributed by atoms with Gasteiger partial charge < -0.3 is 15.0 Å². The molecule has 0 radical (unpaired) electrons. The van der Waals surface area contributed by atoms with Crippen molar-refractivity contribution in [1.29, 1.82) is 0 Å². The summed E-state index contributed by atoms with van der Waals surface area (Å²) in [5, 5.41) is 3.59. The summed E-state index contributed by atoms with van der Waals surface area (Å²) in [7, 11) is 0. The quantitative estimate of drug-likeness (QED) is 0.818. The average molecular weight is 262 g/mol. The van der Waals surface area contributed by atoms with Crippen LogP contribution in [0.1, 0.15) is 38.3 Å². The van der Waals surface area contributed by atoms with Gasteiger partial charge in [0.2, 0.25) is 0 Å². The number of likely N-dealkylation sites (tertiary alicyclic amines) is 1. The maximum atomic E-state index is 5.50. The first-order chi connectivity index (χ1) is 9.33. The average Bonchev–Trinajstić information content (AvgIpc) is 2.93. The van der Waals surface area contributed by atoms with Gasteiger partial charge in [-0.15, -0.1) is 0 Å². The van der Waals surface area contributed by atoms with Crippen molar-refractivity contribution in [3.63, 3.8) is 0 Å². The van der Waals surface area contributed by atoms with E-state index in [9.17, 15) is 0 Å². The molecule has 2 rings (SSSR count). The first kappa shape index (κ1) is 14.4. The van der Waals surface area contributed by atoms with Gasteiger partial charge in [-0.2, -0.15) is 0 Å². The van der Waals surface area contributed by atoms with E-state index in [1.54, 1.807) is 0 Å². The van der Waals surface area contributed by atoms with E-state index in [-0.39, 0.29) is 0 Å². The lowest BCUT2D eigenvalue weighted by atomic mass is 10.1. The molecule has 1 atom stereocenters. The van der Waals surface area contributed by atoms with Crippen LogP contribution in [0.2, 0.25) is 0 Å². The lowest BCUT2D eigenvalue weighted by molar-refractivity contribution is 0.294. The monoisotopic (exact) mass is 262 g/mol. The fraction of sp³-hybridized carbons (Fsp3) is 0.625. The summed E-state index contributed by atoms with van der Waals surface area (Å²) in [4.78, 5) is 2.56. The highest BCUT2D eigenvalue weighted by atomic mass is 16.5. The van der Waals surface area contributed by atoms with Gasteiger partial charge in [-0.25, -0.2) is 0 Å². The summed E-state index contributed by atoms with van der Waals surface area (Å²) in [6, 6.07) is 8.96. The van der Waals surface area contributed by atoms with Crippen LogP contribution in [0, 0.1) is 0 Å². The highest BCUT2D eigenvalue weighted by Gasteiger charge is 2.18. The Bertz CT molecular complexity index is 358. The van der Waals surface area contributed by atoms with E-state index >= 15 is 0 Å². The Kier molecular flexibility index (Phi) is 5.67. The predicted molar refractivity (Wildman–Crippen MR) is 79.7 cm³/mol. The van der Waals surface area contributed by atoms with Gasteiger partial charge in [0, 0.05) is 12.6 Å². The van der Waals surface area contributed by atoms with Crippen LogP contribution in [0.5, 0.6) is 5.75 Å². The number of likely N-dealkylation sites (N-methyl/N-ethyl adjacent to an activating group) is 1. The molecular weight excluding hydrogens is 236 g/mol. The molecule has 3 heteroatoms. The van der Waals surface area contributed by atoms with Gasteiger partial charge in [0.05, 0.1) is 6.61 Å². The molecule has 0 spiro atoms. The molecule has 1 aromatic carbocycles. The van der Waals surface area contributed by atoms with Crippen LogP contribution in [-0.2, 0) is 0 Å². The van der Waals surface area contributed by atoms with Crippen molar-refractivity contribution in [2.24, 2.45) is 0 Å². The number of hydrogen-bond donors (Lipinski definition) is 1. The molecule has 0 amide bonds. The Labute approximate surface area is 116 Å². The number of rotatable bonds is 7. The van der Waals surface area contributed by atoms with E-state index in [1.807, 2.05) is 6.92 Å². The minimum absolute atomic E-state index is 0.429. The second-order valence-corrected chi connectivity index (χ2v) is 5.12. The standard InChI is InChI=1S/C16H26N2O/c1-3-17-16(13-18-11-5-6-12-18)14-7-9-15(10-8-14)19-4-2/h7-10,16-17H,3-6,11-13H2,1-2H3. The summed E-state index contributed by atoms with van der Waals surface area (Å²) in [6.07, 6.45) is 2.70. The summed E-state index contributed by atoms with van der Waals surface area (Å²) < 4.78 is 5.50. The van der Waals surface area contributed by atoms with E-state index in [4.69, 9.17) is 4.74 Å². The van der Waals surface area contributed by atoms with Gasteiger partial charge in [-0.3, -0.25) is 0 Å². The Morgan fingerprint density at radius 1 is 1.16 bits per heavy atom. The van der Waals surface area contributed by atoms with Gasteiger partial charge >= 0.3 is 0 Å². The fourth-order valence-electron chi connectivity index (χ4n) is 2.72. The molecule has 1 N–H and O–H groups in total. The van der Waals surface area contributed by atoms with Crippen LogP contribution >= 0.6 is 0 Å². The molecule has 1 heterocycles. The van der Waals surface area contributed by atoms with Crippen LogP contribution in [-0.4, -0.2) is 37.7 Å². The number of ether oxygens (including phenoxy) is 1. The summed E-state index contributed by atoms with van der Waals surface area (Å²) in [5.74, 6) is 0.961. The molecule has 1 aromatic rings. The van der Waals surface area contributed by atoms with E-state index in [1.165, 1.54) is 31.5 Å². The maximum absolute atomic E-state index is 5.50. The second-order valence-electron chi connectivity index (χ2n) is 5.12. The minimum atomic E-state index is 0.429. The first-order valence-electron chi connectivity index (χ1n) is 7.52. The Morgan fingerprint density at radius 3 is 2.42 bits per heavy atom. The maximum Gasteiger partial charge on any atom is 0.119 e. The lowest BCUT2D eigenvalue weighted by Crippen LogP contribution is -2.33. The first-order valence-corrected chi connectivity index (χ1v) is 7.52. The van der Waals surface area contributed by atoms with Crippen LogP contribution in [0.25, 0.3) is 0 Å². The predicted octanol–water partition coefficient (Wildman–Crippen LogP) is 2.83. The van der Waals surface area contributed by atoms with Crippen molar-refractivity contribution >= 4 is 0 Å². The lowest BCUT2D eigenvalue weighted by Gasteiger charge is -2.24. The highest BCUT2D eigenvalue weighted by Crippen LogP contribution is 2.20. The zero-order valence-corrected chi connectivity index (χ0v) is 12.2. The van der Waals surface area contributed by atoms with Gasteiger partial charge in [0.25, 0.3) is 0 Å². The fourth-order valence-corrected chi connectivity index (χ4v) is 2.72. The van der Waals surface area contributed by atoms with Gasteiger partial charge in [0.15, 0.2) is 0 Å². The zero-order valence-electron chi connectivity index (χ0n) is 12.2. The molecule has 0 bridgehead atoms. The van der Waals surface area contributed by atoms with Crippen LogP contribution in [0.3, 0.4) is 0 Å². The van der Waals surface area contributed by atoms with Gasteiger partial charge in [-0.05, 0) is 57.1 Å². The van der Waals surface area contributed by atoms with Gasteiger partial charge in [0.1, 0.15) is 5.75 Å². The zero-order chi connectivity index (χ0) is 13.5. The van der Waals surface area contributed by atoms with Crippen LogP contribution in [0.15, 0.2) is 24.3 Å². The third kappa shape index (κ3) is 4.22. The molecule has 1 unspecified atom stereocenters. The minimum Gasteiger partial charge on any atom is -0.494 e. The Hall–Kier alpha value is -1.06. The van der Waals surface area contributed by atoms with Crippen molar-refractivity contribution in [2.75, 3.05) is 32.8 Å². The third-order valence-corrected chi connectivity index (χ3v) is 3.68. The molecule has 1 fully saturated rings. The van der Waals surface area contributed by atoms with Crippen molar-refractivity contribution < 1.29 is 4.74 Å². The SMILES string of the molecule is CCNC(CN1CCCC1)c1ccc(OCC)cc1. The largest absolute Gasteiger partial charge is 0.494 e. The Balaban J connectivity index is 2.00. The smallest absolute Gasteiger partial charge is 0.119 e. The summed E-state index contributed by atoms with van der Waals surface area (Å²) in [6.45, 7) is 9.53. The number of nitrogens with one attached hydrogen (secondary N) is 1. The van der Waals surface area contributed by atoms with Crippen LogP contribution in [0.4, 0.5) is 0 Å². The molecular formula is C16H26N2O. The molecule has 19 heavy (non-hydrogen) atoms. The third-order valence-electron chi connectivity index (χ3n) is 3.68. The van der Waals surface area contributed by atoms with Crippen LogP contribution < -0.4 is 10.1 Å². The van der Waals surface area contributed by atoms with Crippen molar-refractivity contribution in [3.8, 4) is 5.75 Å². The normalized spacial score (nSPS) is 17.6. The molecule has 1 aliphatic rings. The van der Waals surface area contributed by atoms with E-state index in [2.05, 4.69) is 41.4 Å². The van der Waals surface area contributed by atoms with Gasteiger partial charge in [-0.1, -0.05) is 19.1 Å². The summed E-state index contributed by atoms with van der Waals surface area (Å²) >= 11 is 0. The number of benzene rings is 1. The number of hydrogen-bond acceptors (Lipinski definition) is 3. The molecule has 1 aliphatic heterocycles. The van der Waals surface area contributed by atoms with E-state index in [0.717, 1.165) is 25.4 Å².